The molecule has 0 bridgehead atoms. The second kappa shape index (κ2) is 8.43. The number of Topliss-reactive ketones (excluding diaryl/α,β-unsaturated/α-hetero) is 1. The highest BCUT2D eigenvalue weighted by Gasteiger charge is 2.46. The van der Waals surface area contributed by atoms with Gasteiger partial charge < -0.3 is 4.74 Å². The number of allylic oxidation sites excluding steroid dienone is 2. The number of halogens is 1. The van der Waals surface area contributed by atoms with Crippen LogP contribution in [0.15, 0.2) is 70.9 Å². The standard InChI is InChI=1S/C26H26ClNO3/c1-16-22(25(30)31-15-17-8-5-4-6-9-17)23(18-10-7-11-19(27)12-18)24-20(28-16)13-26(2,3)14-21(24)29/h4-12,22-23H,13-15H2,1-3H3/t22?,23-/m1/s1. The molecule has 1 aliphatic carbocycles. The zero-order chi connectivity index (χ0) is 22.2. The number of benzene rings is 2. The third-order valence-corrected chi connectivity index (χ3v) is 6.22. The number of rotatable bonds is 4. The van der Waals surface area contributed by atoms with Crippen molar-refractivity contribution in [1.29, 1.82) is 0 Å². The molecule has 0 saturated carbocycles. The Hall–Kier alpha value is -2.72. The average molecular weight is 436 g/mol. The molecule has 4 nitrogen and oxygen atoms in total. The fraction of sp³-hybridized carbons (Fsp3) is 0.346. The summed E-state index contributed by atoms with van der Waals surface area (Å²) in [5.41, 5.74) is 3.69. The van der Waals surface area contributed by atoms with Crippen LogP contribution in [0.4, 0.5) is 0 Å². The molecule has 0 spiro atoms. The van der Waals surface area contributed by atoms with E-state index in [1.807, 2.05) is 55.5 Å². The summed E-state index contributed by atoms with van der Waals surface area (Å²) in [6.07, 6.45) is 1.14. The molecule has 0 saturated heterocycles. The third-order valence-electron chi connectivity index (χ3n) is 5.99. The molecular formula is C26H26ClNO3. The summed E-state index contributed by atoms with van der Waals surface area (Å²) in [5, 5.41) is 0.569. The minimum Gasteiger partial charge on any atom is -0.460 e. The quantitative estimate of drug-likeness (QED) is 0.561. The molecule has 1 unspecified atom stereocenters. The van der Waals surface area contributed by atoms with Gasteiger partial charge in [0.2, 0.25) is 0 Å². The first-order valence-electron chi connectivity index (χ1n) is 10.5. The highest BCUT2D eigenvalue weighted by atomic mass is 35.5. The zero-order valence-electron chi connectivity index (χ0n) is 18.0. The van der Waals surface area contributed by atoms with E-state index in [1.54, 1.807) is 6.07 Å². The largest absolute Gasteiger partial charge is 0.460 e. The second-order valence-electron chi connectivity index (χ2n) is 9.16. The number of hydrogen-bond donors (Lipinski definition) is 0. The van der Waals surface area contributed by atoms with E-state index in [0.717, 1.165) is 16.8 Å². The van der Waals surface area contributed by atoms with Gasteiger partial charge in [0.05, 0.1) is 0 Å². The van der Waals surface area contributed by atoms with Crippen molar-refractivity contribution in [3.8, 4) is 0 Å². The van der Waals surface area contributed by atoms with Crippen LogP contribution in [0.2, 0.25) is 5.02 Å². The Kier molecular flexibility index (Phi) is 5.85. The maximum atomic E-state index is 13.3. The molecule has 0 radical (unpaired) electrons. The Morgan fingerprint density at radius 3 is 2.58 bits per heavy atom. The molecule has 5 heteroatoms. The lowest BCUT2D eigenvalue weighted by molar-refractivity contribution is -0.148. The van der Waals surface area contributed by atoms with E-state index < -0.39 is 11.8 Å². The molecule has 1 heterocycles. The molecule has 1 aliphatic heterocycles. The summed E-state index contributed by atoms with van der Waals surface area (Å²) in [5.74, 6) is -1.43. The van der Waals surface area contributed by atoms with Crippen molar-refractivity contribution in [2.75, 3.05) is 0 Å². The lowest BCUT2D eigenvalue weighted by atomic mass is 9.67. The normalized spacial score (nSPS) is 22.6. The highest BCUT2D eigenvalue weighted by Crippen LogP contribution is 2.48. The molecule has 160 valence electrons. The van der Waals surface area contributed by atoms with Gasteiger partial charge in [0.15, 0.2) is 5.78 Å². The first-order valence-corrected chi connectivity index (χ1v) is 10.9. The van der Waals surface area contributed by atoms with Crippen molar-refractivity contribution in [2.45, 2.75) is 46.1 Å². The Labute approximate surface area is 188 Å². The van der Waals surface area contributed by atoms with Gasteiger partial charge in [0, 0.05) is 34.3 Å². The number of aliphatic imine (C=N–C) groups is 1. The number of ketones is 1. The third kappa shape index (κ3) is 4.49. The van der Waals surface area contributed by atoms with E-state index in [0.29, 0.717) is 29.1 Å². The van der Waals surface area contributed by atoms with Crippen molar-refractivity contribution in [2.24, 2.45) is 16.3 Å². The number of nitrogens with zero attached hydrogens (tertiary/aromatic N) is 1. The number of carbonyl (C=O) groups excluding carboxylic acids is 2. The predicted octanol–water partition coefficient (Wildman–Crippen LogP) is 5.90. The van der Waals surface area contributed by atoms with Crippen LogP contribution < -0.4 is 0 Å². The Morgan fingerprint density at radius 1 is 1.13 bits per heavy atom. The molecule has 0 amide bonds. The lowest BCUT2D eigenvalue weighted by Gasteiger charge is -2.39. The van der Waals surface area contributed by atoms with E-state index in [2.05, 4.69) is 13.8 Å². The van der Waals surface area contributed by atoms with Gasteiger partial charge in [-0.15, -0.1) is 0 Å². The van der Waals surface area contributed by atoms with Crippen molar-refractivity contribution in [3.63, 3.8) is 0 Å². The summed E-state index contributed by atoms with van der Waals surface area (Å²) in [7, 11) is 0. The monoisotopic (exact) mass is 435 g/mol. The maximum absolute atomic E-state index is 13.3. The van der Waals surface area contributed by atoms with Gasteiger partial charge in [0.25, 0.3) is 0 Å². The molecule has 2 atom stereocenters. The van der Waals surface area contributed by atoms with Crippen LogP contribution in [0.1, 0.15) is 50.7 Å². The van der Waals surface area contributed by atoms with E-state index in [-0.39, 0.29) is 23.8 Å². The van der Waals surface area contributed by atoms with Crippen LogP contribution in [-0.4, -0.2) is 17.5 Å². The summed E-state index contributed by atoms with van der Waals surface area (Å²) >= 11 is 6.28. The van der Waals surface area contributed by atoms with Crippen LogP contribution in [0.25, 0.3) is 0 Å². The molecule has 2 aromatic rings. The highest BCUT2D eigenvalue weighted by molar-refractivity contribution is 6.30. The lowest BCUT2D eigenvalue weighted by Crippen LogP contribution is -2.39. The van der Waals surface area contributed by atoms with Gasteiger partial charge in [-0.3, -0.25) is 14.6 Å². The van der Waals surface area contributed by atoms with Gasteiger partial charge in [-0.05, 0) is 42.0 Å². The Bertz CT molecular complexity index is 1080. The van der Waals surface area contributed by atoms with Gasteiger partial charge >= 0.3 is 5.97 Å². The van der Waals surface area contributed by atoms with E-state index in [4.69, 9.17) is 21.3 Å². The van der Waals surface area contributed by atoms with Gasteiger partial charge in [-0.25, -0.2) is 0 Å². The average Bonchev–Trinajstić information content (AvgIpc) is 2.71. The van der Waals surface area contributed by atoms with E-state index >= 15 is 0 Å². The van der Waals surface area contributed by atoms with Crippen molar-refractivity contribution < 1.29 is 14.3 Å². The zero-order valence-corrected chi connectivity index (χ0v) is 18.8. The summed E-state index contributed by atoms with van der Waals surface area (Å²) in [4.78, 5) is 31.3. The van der Waals surface area contributed by atoms with E-state index in [9.17, 15) is 9.59 Å². The van der Waals surface area contributed by atoms with Crippen LogP contribution in [0.5, 0.6) is 0 Å². The molecule has 0 N–H and O–H groups in total. The van der Waals surface area contributed by atoms with Crippen LogP contribution in [0.3, 0.4) is 0 Å². The molecule has 31 heavy (non-hydrogen) atoms. The molecule has 4 rings (SSSR count). The Balaban J connectivity index is 1.73. The number of esters is 1. The van der Waals surface area contributed by atoms with E-state index in [1.165, 1.54) is 0 Å². The molecule has 2 aromatic carbocycles. The van der Waals surface area contributed by atoms with Gasteiger partial charge in [-0.1, -0.05) is 67.9 Å². The molecule has 0 aromatic heterocycles. The number of ether oxygens (including phenoxy) is 1. The maximum Gasteiger partial charge on any atom is 0.315 e. The number of hydrogen-bond acceptors (Lipinski definition) is 4. The Morgan fingerprint density at radius 2 is 1.87 bits per heavy atom. The first kappa shape index (κ1) is 21.5. The minimum atomic E-state index is -0.661. The van der Waals surface area contributed by atoms with Crippen LogP contribution in [-0.2, 0) is 20.9 Å². The SMILES string of the molecule is CC1=NC2=C(C(=O)CC(C)(C)C2)[C@H](c2cccc(Cl)c2)C1C(=O)OCc1ccccc1. The molecule has 0 fully saturated rings. The van der Waals surface area contributed by atoms with Crippen LogP contribution >= 0.6 is 11.6 Å². The smallest absolute Gasteiger partial charge is 0.315 e. The van der Waals surface area contributed by atoms with Crippen molar-refractivity contribution in [1.82, 2.24) is 0 Å². The molecule has 2 aliphatic rings. The fourth-order valence-electron chi connectivity index (χ4n) is 4.63. The topological polar surface area (TPSA) is 55.7 Å². The summed E-state index contributed by atoms with van der Waals surface area (Å²) in [6.45, 7) is 6.18. The molecular weight excluding hydrogens is 410 g/mol. The van der Waals surface area contributed by atoms with Gasteiger partial charge in [0.1, 0.15) is 12.5 Å². The van der Waals surface area contributed by atoms with Crippen LogP contribution in [0, 0.1) is 11.3 Å². The van der Waals surface area contributed by atoms with Crippen molar-refractivity contribution in [3.05, 3.63) is 82.0 Å². The summed E-state index contributed by atoms with van der Waals surface area (Å²) < 4.78 is 5.69. The second-order valence-corrected chi connectivity index (χ2v) is 9.59. The predicted molar refractivity (Wildman–Crippen MR) is 122 cm³/mol. The number of carbonyl (C=O) groups is 2. The first-order chi connectivity index (χ1) is 14.7. The minimum absolute atomic E-state index is 0.0494. The summed E-state index contributed by atoms with van der Waals surface area (Å²) in [6, 6.07) is 17.0. The van der Waals surface area contributed by atoms with Crippen molar-refractivity contribution >= 4 is 29.1 Å². The fourth-order valence-corrected chi connectivity index (χ4v) is 4.83. The van der Waals surface area contributed by atoms with Gasteiger partial charge in [-0.2, -0.15) is 0 Å².